The van der Waals surface area contributed by atoms with Gasteiger partial charge in [-0.3, -0.25) is 0 Å². The summed E-state index contributed by atoms with van der Waals surface area (Å²) in [5, 5.41) is 18.3. The van der Waals surface area contributed by atoms with Crippen molar-refractivity contribution in [3.8, 4) is 0 Å². The molecule has 0 rings (SSSR count). The standard InChI is InChI=1S/2C2H6NO.Mo.2H2O/c2*3-1-2-4;;;/h2*1-3H2;;2*1H2/q2*-1;+2;;. The van der Waals surface area contributed by atoms with Crippen LogP contribution in [0.1, 0.15) is 0 Å². The first-order valence-electron chi connectivity index (χ1n) is 2.39. The Morgan fingerprint density at radius 1 is 0.818 bits per heavy atom. The SMILES string of the molecule is NCC[O-].NCC[O-].O.O.[Mo+2]. The van der Waals surface area contributed by atoms with Crippen molar-refractivity contribution in [1.82, 2.24) is 0 Å². The molecule has 0 saturated heterocycles. The molecule has 0 bridgehead atoms. The van der Waals surface area contributed by atoms with Gasteiger partial charge in [0.25, 0.3) is 0 Å². The molecule has 0 aliphatic heterocycles. The van der Waals surface area contributed by atoms with Gasteiger partial charge < -0.3 is 32.6 Å². The molecular weight excluding hydrogens is 236 g/mol. The fraction of sp³-hybridized carbons (Fsp3) is 1.00. The van der Waals surface area contributed by atoms with E-state index < -0.39 is 0 Å². The molecule has 0 aromatic heterocycles. The van der Waals surface area contributed by atoms with E-state index in [0.29, 0.717) is 0 Å². The van der Waals surface area contributed by atoms with Crippen LogP contribution in [0.25, 0.3) is 0 Å². The summed E-state index contributed by atoms with van der Waals surface area (Å²) in [6.45, 7) is 0.222. The minimum absolute atomic E-state index is 0. The zero-order valence-corrected chi connectivity index (χ0v) is 8.21. The summed E-state index contributed by atoms with van der Waals surface area (Å²) in [7, 11) is 0. The van der Waals surface area contributed by atoms with Crippen LogP contribution in [0.5, 0.6) is 0 Å². The zero-order chi connectivity index (χ0) is 6.83. The average molecular weight is 252 g/mol. The Hall–Kier alpha value is 0.448. The third-order valence-corrected chi connectivity index (χ3v) is 0.236. The molecule has 7 heteroatoms. The van der Waals surface area contributed by atoms with Crippen molar-refractivity contribution in [2.45, 2.75) is 0 Å². The molecule has 0 saturated carbocycles. The summed E-state index contributed by atoms with van der Waals surface area (Å²) in [4.78, 5) is 0. The van der Waals surface area contributed by atoms with Crippen LogP contribution in [0.4, 0.5) is 0 Å². The van der Waals surface area contributed by atoms with Crippen molar-refractivity contribution in [1.29, 1.82) is 0 Å². The largest absolute Gasteiger partial charge is 2.00 e. The van der Waals surface area contributed by atoms with Gasteiger partial charge >= 0.3 is 21.1 Å². The van der Waals surface area contributed by atoms with Crippen LogP contribution in [0.15, 0.2) is 0 Å². The van der Waals surface area contributed by atoms with Crippen LogP contribution >= 0.6 is 0 Å². The van der Waals surface area contributed by atoms with Crippen LogP contribution < -0.4 is 21.7 Å². The minimum Gasteiger partial charge on any atom is -0.854 e. The molecule has 0 unspecified atom stereocenters. The quantitative estimate of drug-likeness (QED) is 0.470. The normalized spacial score (nSPS) is 5.45. The van der Waals surface area contributed by atoms with Crippen LogP contribution in [0.2, 0.25) is 0 Å². The summed E-state index contributed by atoms with van der Waals surface area (Å²) in [5.41, 5.74) is 9.43. The first-order chi connectivity index (χ1) is 3.83. The predicted molar refractivity (Wildman–Crippen MR) is 35.1 cm³/mol. The summed E-state index contributed by atoms with van der Waals surface area (Å²) in [6, 6.07) is 0. The molecule has 8 N–H and O–H groups in total. The van der Waals surface area contributed by atoms with Crippen molar-refractivity contribution in [3.05, 3.63) is 0 Å². The van der Waals surface area contributed by atoms with Crippen LogP contribution in [-0.2, 0) is 21.1 Å². The topological polar surface area (TPSA) is 161 Å². The van der Waals surface area contributed by atoms with Gasteiger partial charge in [-0.15, -0.1) is 13.2 Å². The van der Waals surface area contributed by atoms with Gasteiger partial charge in [0.15, 0.2) is 0 Å². The van der Waals surface area contributed by atoms with Crippen molar-refractivity contribution < 1.29 is 42.2 Å². The molecule has 0 aliphatic rings. The molecule has 72 valence electrons. The third kappa shape index (κ3) is 124. The second kappa shape index (κ2) is 47.1. The molecule has 0 spiro atoms. The zero-order valence-electron chi connectivity index (χ0n) is 6.21. The van der Waals surface area contributed by atoms with E-state index in [0.717, 1.165) is 0 Å². The van der Waals surface area contributed by atoms with Crippen LogP contribution in [-0.4, -0.2) is 37.3 Å². The predicted octanol–water partition coefficient (Wildman–Crippen LogP) is -5.04. The molecule has 0 radical (unpaired) electrons. The number of hydrogen-bond acceptors (Lipinski definition) is 4. The number of rotatable bonds is 2. The second-order valence-electron chi connectivity index (χ2n) is 0.986. The maximum Gasteiger partial charge on any atom is 2.00 e. The molecule has 0 aromatic rings. The molecule has 6 nitrogen and oxygen atoms in total. The molecule has 0 heterocycles. The van der Waals surface area contributed by atoms with Crippen molar-refractivity contribution in [3.63, 3.8) is 0 Å². The third-order valence-electron chi connectivity index (χ3n) is 0.236. The van der Waals surface area contributed by atoms with Gasteiger partial charge in [-0.05, 0) is 13.1 Å². The maximum atomic E-state index is 9.17. The van der Waals surface area contributed by atoms with E-state index >= 15 is 0 Å². The second-order valence-corrected chi connectivity index (χ2v) is 0.986. The Kier molecular flexibility index (Phi) is 129. The molecule has 0 atom stereocenters. The van der Waals surface area contributed by atoms with Crippen molar-refractivity contribution in [2.24, 2.45) is 11.5 Å². The van der Waals surface area contributed by atoms with E-state index in [9.17, 15) is 10.2 Å². The Balaban J connectivity index is -0.0000000171. The van der Waals surface area contributed by atoms with Gasteiger partial charge in [-0.25, -0.2) is 0 Å². The molecule has 11 heavy (non-hydrogen) atoms. The monoisotopic (exact) mass is 254 g/mol. The average Bonchev–Trinajstić information content (AvgIpc) is 1.88. The van der Waals surface area contributed by atoms with E-state index in [1.54, 1.807) is 0 Å². The van der Waals surface area contributed by atoms with Gasteiger partial charge in [0.05, 0.1) is 0 Å². The summed E-state index contributed by atoms with van der Waals surface area (Å²) in [5.74, 6) is 0. The van der Waals surface area contributed by atoms with Gasteiger partial charge in [-0.2, -0.15) is 0 Å². The molecule has 0 fully saturated rings. The maximum absolute atomic E-state index is 9.17. The smallest absolute Gasteiger partial charge is 0.854 e. The van der Waals surface area contributed by atoms with E-state index in [4.69, 9.17) is 11.5 Å². The Morgan fingerprint density at radius 3 is 0.909 bits per heavy atom. The number of nitrogens with two attached hydrogens (primary N) is 2. The van der Waals surface area contributed by atoms with E-state index in [1.807, 2.05) is 0 Å². The molecule has 0 amide bonds. The summed E-state index contributed by atoms with van der Waals surface area (Å²) < 4.78 is 0. The van der Waals surface area contributed by atoms with Gasteiger partial charge in [0.1, 0.15) is 0 Å². The van der Waals surface area contributed by atoms with Crippen LogP contribution in [0.3, 0.4) is 0 Å². The van der Waals surface area contributed by atoms with Gasteiger partial charge in [-0.1, -0.05) is 0 Å². The fourth-order valence-electron chi connectivity index (χ4n) is 0. The molecule has 0 aromatic carbocycles. The first kappa shape index (κ1) is 30.1. The summed E-state index contributed by atoms with van der Waals surface area (Å²) >= 11 is 0. The van der Waals surface area contributed by atoms with Gasteiger partial charge in [0, 0.05) is 0 Å². The first-order valence-corrected chi connectivity index (χ1v) is 2.39. The van der Waals surface area contributed by atoms with Crippen molar-refractivity contribution >= 4 is 0 Å². The Bertz CT molecular complexity index is 28.1. The van der Waals surface area contributed by atoms with E-state index in [2.05, 4.69) is 0 Å². The number of hydrogen-bond donors (Lipinski definition) is 2. The van der Waals surface area contributed by atoms with E-state index in [1.165, 1.54) is 0 Å². The minimum atomic E-state index is -0.153. The van der Waals surface area contributed by atoms with Crippen molar-refractivity contribution in [2.75, 3.05) is 26.3 Å². The molecular formula is C4H16MoN2O4. The fourth-order valence-corrected chi connectivity index (χ4v) is 0. The summed E-state index contributed by atoms with van der Waals surface area (Å²) in [6.07, 6.45) is 0. The van der Waals surface area contributed by atoms with Gasteiger partial charge in [0.2, 0.25) is 0 Å². The van der Waals surface area contributed by atoms with Crippen LogP contribution in [0, 0.1) is 0 Å². The Morgan fingerprint density at radius 2 is 0.909 bits per heavy atom. The molecule has 0 aliphatic carbocycles. The Labute approximate surface area is 80.5 Å². The van der Waals surface area contributed by atoms with E-state index in [-0.39, 0.29) is 58.3 Å².